The summed E-state index contributed by atoms with van der Waals surface area (Å²) in [5.74, 6) is -0.349. The van der Waals surface area contributed by atoms with Gasteiger partial charge in [0.1, 0.15) is 17.8 Å². The van der Waals surface area contributed by atoms with Crippen molar-refractivity contribution in [3.05, 3.63) is 29.8 Å². The first kappa shape index (κ1) is 21.1. The molecule has 2 saturated heterocycles. The summed E-state index contributed by atoms with van der Waals surface area (Å²) in [5, 5.41) is 9.44. The van der Waals surface area contributed by atoms with E-state index in [2.05, 4.69) is 18.7 Å². The van der Waals surface area contributed by atoms with Gasteiger partial charge in [0.15, 0.2) is 0 Å². The van der Waals surface area contributed by atoms with Crippen molar-refractivity contribution in [2.45, 2.75) is 45.2 Å². The van der Waals surface area contributed by atoms with E-state index in [0.29, 0.717) is 38.4 Å². The van der Waals surface area contributed by atoms with E-state index in [1.165, 1.54) is 0 Å². The van der Waals surface area contributed by atoms with Gasteiger partial charge in [-0.2, -0.15) is 0 Å². The molecular weight excluding hydrogens is 372 g/mol. The number of primary amides is 1. The fourth-order valence-electron chi connectivity index (χ4n) is 4.20. The Morgan fingerprint density at radius 2 is 1.79 bits per heavy atom. The third kappa shape index (κ3) is 4.37. The number of imide groups is 1. The van der Waals surface area contributed by atoms with E-state index in [0.717, 1.165) is 23.4 Å². The van der Waals surface area contributed by atoms with Crippen molar-refractivity contribution in [2.24, 2.45) is 11.7 Å². The lowest BCUT2D eigenvalue weighted by Gasteiger charge is -2.42. The Morgan fingerprint density at radius 1 is 1.17 bits per heavy atom. The third-order valence-corrected chi connectivity index (χ3v) is 5.89. The molecule has 1 aromatic carbocycles. The minimum absolute atomic E-state index is 0.233. The summed E-state index contributed by atoms with van der Waals surface area (Å²) in [6.07, 6.45) is 1.86. The van der Waals surface area contributed by atoms with Crippen LogP contribution in [-0.4, -0.2) is 69.4 Å². The maximum Gasteiger partial charge on any atom is 0.328 e. The number of phenolic OH excluding ortho intramolecular Hbond substituents is 1. The monoisotopic (exact) mass is 402 g/mol. The minimum atomic E-state index is -0.882. The molecule has 2 aliphatic rings. The molecule has 158 valence electrons. The van der Waals surface area contributed by atoms with Crippen LogP contribution in [0.25, 0.3) is 0 Å². The number of rotatable bonds is 7. The summed E-state index contributed by atoms with van der Waals surface area (Å²) in [6.45, 7) is 6.34. The number of hydrogen-bond donors (Lipinski definition) is 2. The molecule has 0 atom stereocenters. The number of nitrogens with zero attached hydrogens (tertiary/aromatic N) is 3. The average molecular weight is 402 g/mol. The molecule has 8 nitrogen and oxygen atoms in total. The quantitative estimate of drug-likeness (QED) is 0.673. The van der Waals surface area contributed by atoms with Crippen molar-refractivity contribution >= 4 is 17.8 Å². The van der Waals surface area contributed by atoms with Gasteiger partial charge in [-0.05, 0) is 42.9 Å². The predicted octanol–water partition coefficient (Wildman–Crippen LogP) is 1.52. The Balaban J connectivity index is 1.74. The molecule has 2 fully saturated rings. The summed E-state index contributed by atoms with van der Waals surface area (Å²) in [7, 11) is 0. The van der Waals surface area contributed by atoms with Crippen LogP contribution in [0, 0.1) is 5.92 Å². The Hall–Kier alpha value is -2.61. The Kier molecular flexibility index (Phi) is 6.12. The van der Waals surface area contributed by atoms with Crippen LogP contribution < -0.4 is 5.73 Å². The molecule has 1 aromatic rings. The van der Waals surface area contributed by atoms with Crippen LogP contribution in [0.5, 0.6) is 5.75 Å². The first-order chi connectivity index (χ1) is 13.7. The summed E-state index contributed by atoms with van der Waals surface area (Å²) in [6, 6.07) is 6.69. The highest BCUT2D eigenvalue weighted by molar-refractivity contribution is 6.09. The van der Waals surface area contributed by atoms with Gasteiger partial charge in [-0.25, -0.2) is 4.79 Å². The molecule has 0 saturated carbocycles. The highest BCUT2D eigenvalue weighted by Gasteiger charge is 2.57. The SMILES string of the molecule is CC(C)CCN1C(=O)N(CC(N)=O)C(=O)C12CCN(Cc1ccc(O)cc1)CC2. The normalized spacial score (nSPS) is 19.6. The number of nitrogens with two attached hydrogens (primary N) is 1. The summed E-state index contributed by atoms with van der Waals surface area (Å²) in [4.78, 5) is 42.5. The van der Waals surface area contributed by atoms with E-state index in [9.17, 15) is 19.5 Å². The van der Waals surface area contributed by atoms with Gasteiger partial charge in [-0.1, -0.05) is 26.0 Å². The second-order valence-corrected chi connectivity index (χ2v) is 8.45. The number of amides is 4. The number of carbonyl (C=O) groups is 3. The molecule has 0 aliphatic carbocycles. The molecule has 29 heavy (non-hydrogen) atoms. The van der Waals surface area contributed by atoms with Crippen LogP contribution in [0.3, 0.4) is 0 Å². The standard InChI is InChI=1S/C21H30N4O4/c1-15(2)7-10-25-20(29)24(14-18(22)27)19(28)21(25)8-11-23(12-9-21)13-16-3-5-17(26)6-4-16/h3-6,15,26H,7-14H2,1-2H3,(H2,22,27). The van der Waals surface area contributed by atoms with Crippen LogP contribution in [0.4, 0.5) is 4.79 Å². The van der Waals surface area contributed by atoms with Crippen LogP contribution in [0.2, 0.25) is 0 Å². The zero-order valence-corrected chi connectivity index (χ0v) is 17.1. The Bertz CT molecular complexity index is 769. The highest BCUT2D eigenvalue weighted by atomic mass is 16.3. The van der Waals surface area contributed by atoms with Crippen molar-refractivity contribution in [3.63, 3.8) is 0 Å². The minimum Gasteiger partial charge on any atom is -0.508 e. The van der Waals surface area contributed by atoms with Crippen molar-refractivity contribution in [1.29, 1.82) is 0 Å². The van der Waals surface area contributed by atoms with Gasteiger partial charge in [0.05, 0.1) is 0 Å². The lowest BCUT2D eigenvalue weighted by molar-refractivity contribution is -0.137. The first-order valence-electron chi connectivity index (χ1n) is 10.1. The van der Waals surface area contributed by atoms with E-state index >= 15 is 0 Å². The largest absolute Gasteiger partial charge is 0.508 e. The molecule has 0 unspecified atom stereocenters. The number of carbonyl (C=O) groups excluding carboxylic acids is 3. The van der Waals surface area contributed by atoms with E-state index in [4.69, 9.17) is 5.73 Å². The van der Waals surface area contributed by atoms with E-state index in [1.807, 2.05) is 12.1 Å². The molecule has 2 heterocycles. The number of likely N-dealkylation sites (tertiary alicyclic amines) is 1. The van der Waals surface area contributed by atoms with Gasteiger partial charge in [-0.3, -0.25) is 19.4 Å². The number of hydrogen-bond acceptors (Lipinski definition) is 5. The molecule has 0 radical (unpaired) electrons. The molecule has 3 N–H and O–H groups in total. The first-order valence-corrected chi connectivity index (χ1v) is 10.1. The van der Waals surface area contributed by atoms with Gasteiger partial charge in [-0.15, -0.1) is 0 Å². The Labute approximate surface area is 171 Å². The Morgan fingerprint density at radius 3 is 2.34 bits per heavy atom. The fourth-order valence-corrected chi connectivity index (χ4v) is 4.20. The molecule has 0 aromatic heterocycles. The number of urea groups is 1. The maximum absolute atomic E-state index is 13.2. The lowest BCUT2D eigenvalue weighted by Crippen LogP contribution is -2.56. The lowest BCUT2D eigenvalue weighted by atomic mass is 9.85. The molecule has 2 aliphatic heterocycles. The second kappa shape index (κ2) is 8.41. The van der Waals surface area contributed by atoms with Crippen molar-refractivity contribution in [3.8, 4) is 5.75 Å². The highest BCUT2D eigenvalue weighted by Crippen LogP contribution is 2.38. The van der Waals surface area contributed by atoms with Gasteiger partial charge >= 0.3 is 6.03 Å². The summed E-state index contributed by atoms with van der Waals surface area (Å²) < 4.78 is 0. The smallest absolute Gasteiger partial charge is 0.328 e. The molecular formula is C21H30N4O4. The van der Waals surface area contributed by atoms with Crippen LogP contribution in [-0.2, 0) is 16.1 Å². The van der Waals surface area contributed by atoms with Gasteiger partial charge in [0.25, 0.3) is 5.91 Å². The molecule has 0 bridgehead atoms. The summed E-state index contributed by atoms with van der Waals surface area (Å²) >= 11 is 0. The van der Waals surface area contributed by atoms with E-state index in [-0.39, 0.29) is 18.2 Å². The van der Waals surface area contributed by atoms with Crippen molar-refractivity contribution in [1.82, 2.24) is 14.7 Å². The van der Waals surface area contributed by atoms with Crippen molar-refractivity contribution < 1.29 is 19.5 Å². The number of aromatic hydroxyl groups is 1. The third-order valence-electron chi connectivity index (χ3n) is 5.89. The predicted molar refractivity (Wildman–Crippen MR) is 108 cm³/mol. The van der Waals surface area contributed by atoms with Crippen molar-refractivity contribution in [2.75, 3.05) is 26.2 Å². The van der Waals surface area contributed by atoms with E-state index in [1.54, 1.807) is 17.0 Å². The van der Waals surface area contributed by atoms with E-state index < -0.39 is 17.5 Å². The molecule has 8 heteroatoms. The zero-order valence-electron chi connectivity index (χ0n) is 17.1. The molecule has 1 spiro atoms. The molecule has 4 amide bonds. The fraction of sp³-hybridized carbons (Fsp3) is 0.571. The summed E-state index contributed by atoms with van der Waals surface area (Å²) in [5.41, 5.74) is 5.47. The maximum atomic E-state index is 13.2. The second-order valence-electron chi connectivity index (χ2n) is 8.45. The van der Waals surface area contributed by atoms with Crippen LogP contribution in [0.15, 0.2) is 24.3 Å². The topological polar surface area (TPSA) is 107 Å². The van der Waals surface area contributed by atoms with Crippen LogP contribution >= 0.6 is 0 Å². The number of piperidine rings is 1. The zero-order chi connectivity index (χ0) is 21.2. The van der Waals surface area contributed by atoms with Gasteiger partial charge < -0.3 is 15.7 Å². The van der Waals surface area contributed by atoms with Crippen LogP contribution in [0.1, 0.15) is 38.7 Å². The average Bonchev–Trinajstić information content (AvgIpc) is 2.85. The van der Waals surface area contributed by atoms with Gasteiger partial charge in [0.2, 0.25) is 5.91 Å². The number of benzene rings is 1. The van der Waals surface area contributed by atoms with Gasteiger partial charge in [0, 0.05) is 26.2 Å². The number of phenols is 1. The molecule has 3 rings (SSSR count).